The molecule has 1 aromatic carbocycles. The molecule has 0 spiro atoms. The molecular weight excluding hydrogens is 380 g/mol. The van der Waals surface area contributed by atoms with Gasteiger partial charge in [0.15, 0.2) is 0 Å². The first-order chi connectivity index (χ1) is 14.6. The Hall–Kier alpha value is -1.92. The minimum Gasteiger partial charge on any atom is -0.376 e. The van der Waals surface area contributed by atoms with Crippen molar-refractivity contribution >= 4 is 17.5 Å². The summed E-state index contributed by atoms with van der Waals surface area (Å²) in [7, 11) is 0. The van der Waals surface area contributed by atoms with Gasteiger partial charge in [-0.05, 0) is 56.2 Å². The van der Waals surface area contributed by atoms with Crippen LogP contribution in [0.2, 0.25) is 0 Å². The number of rotatable bonds is 13. The summed E-state index contributed by atoms with van der Waals surface area (Å²) in [5, 5.41) is 2.93. The maximum absolute atomic E-state index is 12.3. The van der Waals surface area contributed by atoms with Crippen molar-refractivity contribution in [3.8, 4) is 0 Å². The van der Waals surface area contributed by atoms with E-state index < -0.39 is 0 Å². The molecule has 1 atom stereocenters. The second kappa shape index (κ2) is 14.1. The first-order valence-corrected chi connectivity index (χ1v) is 11.5. The third kappa shape index (κ3) is 9.26. The van der Waals surface area contributed by atoms with Crippen LogP contribution in [0.4, 0.5) is 5.69 Å². The molecule has 30 heavy (non-hydrogen) atoms. The number of anilines is 1. The van der Waals surface area contributed by atoms with Gasteiger partial charge in [0.1, 0.15) is 0 Å². The molecule has 0 saturated carbocycles. The molecule has 0 aliphatic carbocycles. The number of carbonyl (C=O) groups excluding carboxylic acids is 2. The van der Waals surface area contributed by atoms with Crippen LogP contribution in [0, 0.1) is 0 Å². The Morgan fingerprint density at radius 3 is 2.67 bits per heavy atom. The molecular formula is C24H38N2O4. The number of ether oxygens (including phenoxy) is 2. The molecule has 2 amide bonds. The van der Waals surface area contributed by atoms with E-state index in [1.54, 1.807) is 0 Å². The minimum absolute atomic E-state index is 0.0611. The normalized spacial score (nSPS) is 16.3. The van der Waals surface area contributed by atoms with E-state index in [1.807, 2.05) is 29.2 Å². The van der Waals surface area contributed by atoms with Crippen LogP contribution in [-0.4, -0.2) is 49.1 Å². The highest BCUT2D eigenvalue weighted by Crippen LogP contribution is 2.16. The molecule has 168 valence electrons. The Morgan fingerprint density at radius 1 is 1.17 bits per heavy atom. The molecule has 1 fully saturated rings. The molecule has 1 N–H and O–H groups in total. The number of amides is 2. The fraction of sp³-hybridized carbons (Fsp3) is 0.667. The number of hydrogen-bond donors (Lipinski definition) is 1. The van der Waals surface area contributed by atoms with Crippen LogP contribution in [0.3, 0.4) is 0 Å². The Morgan fingerprint density at radius 2 is 1.97 bits per heavy atom. The maximum Gasteiger partial charge on any atom is 0.224 e. The highest BCUT2D eigenvalue weighted by atomic mass is 16.5. The molecule has 1 aliphatic heterocycles. The zero-order chi connectivity index (χ0) is 21.6. The van der Waals surface area contributed by atoms with Crippen LogP contribution in [0.25, 0.3) is 0 Å². The lowest BCUT2D eigenvalue weighted by molar-refractivity contribution is -0.131. The van der Waals surface area contributed by atoms with Gasteiger partial charge >= 0.3 is 0 Å². The van der Waals surface area contributed by atoms with E-state index >= 15 is 0 Å². The van der Waals surface area contributed by atoms with E-state index in [4.69, 9.17) is 9.47 Å². The summed E-state index contributed by atoms with van der Waals surface area (Å²) < 4.78 is 11.5. The van der Waals surface area contributed by atoms with Crippen molar-refractivity contribution < 1.29 is 19.1 Å². The van der Waals surface area contributed by atoms with Gasteiger partial charge in [-0.25, -0.2) is 0 Å². The summed E-state index contributed by atoms with van der Waals surface area (Å²) in [5.74, 6) is 0.0848. The quantitative estimate of drug-likeness (QED) is 0.511. The molecule has 0 aromatic heterocycles. The van der Waals surface area contributed by atoms with E-state index in [1.165, 1.54) is 6.42 Å². The van der Waals surface area contributed by atoms with Gasteiger partial charge in [0.25, 0.3) is 0 Å². The van der Waals surface area contributed by atoms with Crippen molar-refractivity contribution in [3.63, 3.8) is 0 Å². The van der Waals surface area contributed by atoms with E-state index in [0.717, 1.165) is 56.6 Å². The SMILES string of the molecule is CCCN(CCC)C(=O)CCCC(=O)Nc1cccc(COCC2CCCCO2)c1. The first kappa shape index (κ1) is 24.4. The average Bonchev–Trinajstić information content (AvgIpc) is 2.74. The van der Waals surface area contributed by atoms with Gasteiger partial charge < -0.3 is 19.7 Å². The summed E-state index contributed by atoms with van der Waals surface area (Å²) in [6.07, 6.45) is 6.86. The molecule has 2 rings (SSSR count). The topological polar surface area (TPSA) is 67.9 Å². The highest BCUT2D eigenvalue weighted by molar-refractivity contribution is 5.91. The number of hydrogen-bond acceptors (Lipinski definition) is 4. The number of benzene rings is 1. The summed E-state index contributed by atoms with van der Waals surface area (Å²) in [6.45, 7) is 7.68. The Kier molecular flexibility index (Phi) is 11.5. The van der Waals surface area contributed by atoms with E-state index in [9.17, 15) is 9.59 Å². The molecule has 1 heterocycles. The molecule has 1 aromatic rings. The van der Waals surface area contributed by atoms with Gasteiger partial charge in [0.2, 0.25) is 11.8 Å². The summed E-state index contributed by atoms with van der Waals surface area (Å²) in [5.41, 5.74) is 1.79. The molecule has 1 saturated heterocycles. The van der Waals surface area contributed by atoms with Crippen molar-refractivity contribution in [2.75, 3.05) is 31.6 Å². The molecule has 0 bridgehead atoms. The summed E-state index contributed by atoms with van der Waals surface area (Å²) in [6, 6.07) is 7.73. The van der Waals surface area contributed by atoms with Crippen LogP contribution >= 0.6 is 0 Å². The van der Waals surface area contributed by atoms with Gasteiger partial charge in [0, 0.05) is 38.2 Å². The monoisotopic (exact) mass is 418 g/mol. The van der Waals surface area contributed by atoms with Crippen molar-refractivity contribution in [1.29, 1.82) is 0 Å². The fourth-order valence-corrected chi connectivity index (χ4v) is 3.67. The average molecular weight is 419 g/mol. The standard InChI is InChI=1S/C24H38N2O4/c1-3-14-26(15-4-2)24(28)13-8-12-23(27)25-21-10-7-9-20(17-21)18-29-19-22-11-5-6-16-30-22/h7,9-10,17,22H,3-6,8,11-16,18-19H2,1-2H3,(H,25,27). The van der Waals surface area contributed by atoms with Crippen molar-refractivity contribution in [3.05, 3.63) is 29.8 Å². The second-order valence-corrected chi connectivity index (χ2v) is 7.99. The largest absolute Gasteiger partial charge is 0.376 e. The molecule has 0 radical (unpaired) electrons. The van der Waals surface area contributed by atoms with E-state index in [0.29, 0.717) is 32.5 Å². The van der Waals surface area contributed by atoms with Crippen LogP contribution in [0.15, 0.2) is 24.3 Å². The summed E-state index contributed by atoms with van der Waals surface area (Å²) >= 11 is 0. The predicted octanol–water partition coefficient (Wildman–Crippen LogP) is 4.53. The van der Waals surface area contributed by atoms with Crippen LogP contribution in [0.5, 0.6) is 0 Å². The number of carbonyl (C=O) groups is 2. The number of nitrogens with zero attached hydrogens (tertiary/aromatic N) is 1. The summed E-state index contributed by atoms with van der Waals surface area (Å²) in [4.78, 5) is 26.5. The highest BCUT2D eigenvalue weighted by Gasteiger charge is 2.14. The zero-order valence-corrected chi connectivity index (χ0v) is 18.7. The van der Waals surface area contributed by atoms with Crippen LogP contribution in [0.1, 0.15) is 70.8 Å². The van der Waals surface area contributed by atoms with Gasteiger partial charge in [-0.15, -0.1) is 0 Å². The zero-order valence-electron chi connectivity index (χ0n) is 18.7. The second-order valence-electron chi connectivity index (χ2n) is 7.99. The molecule has 6 nitrogen and oxygen atoms in total. The third-order valence-electron chi connectivity index (χ3n) is 5.19. The Bertz CT molecular complexity index is 638. The van der Waals surface area contributed by atoms with E-state index in [2.05, 4.69) is 19.2 Å². The Labute approximate surface area is 181 Å². The minimum atomic E-state index is -0.0611. The lowest BCUT2D eigenvalue weighted by atomic mass is 10.1. The van der Waals surface area contributed by atoms with Gasteiger partial charge in [-0.2, -0.15) is 0 Å². The van der Waals surface area contributed by atoms with Gasteiger partial charge in [-0.3, -0.25) is 9.59 Å². The lowest BCUT2D eigenvalue weighted by Crippen LogP contribution is -2.32. The smallest absolute Gasteiger partial charge is 0.224 e. The lowest BCUT2D eigenvalue weighted by Gasteiger charge is -2.22. The fourth-order valence-electron chi connectivity index (χ4n) is 3.67. The van der Waals surface area contributed by atoms with Crippen molar-refractivity contribution in [2.45, 2.75) is 77.9 Å². The van der Waals surface area contributed by atoms with E-state index in [-0.39, 0.29) is 17.9 Å². The Balaban J connectivity index is 1.69. The van der Waals surface area contributed by atoms with Crippen LogP contribution in [-0.2, 0) is 25.7 Å². The van der Waals surface area contributed by atoms with Crippen LogP contribution < -0.4 is 5.32 Å². The number of nitrogens with one attached hydrogen (secondary N) is 1. The molecule has 6 heteroatoms. The van der Waals surface area contributed by atoms with Gasteiger partial charge in [0.05, 0.1) is 19.3 Å². The van der Waals surface area contributed by atoms with Crippen molar-refractivity contribution in [2.24, 2.45) is 0 Å². The van der Waals surface area contributed by atoms with Crippen molar-refractivity contribution in [1.82, 2.24) is 4.90 Å². The first-order valence-electron chi connectivity index (χ1n) is 11.5. The molecule has 1 unspecified atom stereocenters. The molecule has 1 aliphatic rings. The third-order valence-corrected chi connectivity index (χ3v) is 5.19. The predicted molar refractivity (Wildman–Crippen MR) is 119 cm³/mol. The maximum atomic E-state index is 12.3. The van der Waals surface area contributed by atoms with Gasteiger partial charge in [-0.1, -0.05) is 26.0 Å².